The van der Waals surface area contributed by atoms with Crippen molar-refractivity contribution in [2.24, 2.45) is 0 Å². The van der Waals surface area contributed by atoms with Crippen LogP contribution in [0, 0.1) is 17.5 Å². The summed E-state index contributed by atoms with van der Waals surface area (Å²) in [7, 11) is 0. The number of nitrogens with one attached hydrogen (secondary N) is 2. The summed E-state index contributed by atoms with van der Waals surface area (Å²) < 4.78 is 39.6. The maximum Gasteiger partial charge on any atom is 0.194 e. The molecule has 2 aromatic rings. The van der Waals surface area contributed by atoms with E-state index in [1.807, 2.05) is 0 Å². The summed E-state index contributed by atoms with van der Waals surface area (Å²) >= 11 is 0. The molecule has 106 valence electrons. The number of rotatable bonds is 3. The van der Waals surface area contributed by atoms with Gasteiger partial charge in [-0.25, -0.2) is 18.2 Å². The van der Waals surface area contributed by atoms with Crippen LogP contribution in [0.3, 0.4) is 0 Å². The Bertz CT molecular complexity index is 620. The average Bonchev–Trinajstić information content (AvgIpc) is 3.10. The molecule has 0 aliphatic carbocycles. The fraction of sp³-hybridized carbons (Fsp3) is 0.385. The molecule has 1 unspecified atom stereocenters. The van der Waals surface area contributed by atoms with Crippen LogP contribution >= 0.6 is 0 Å². The lowest BCUT2D eigenvalue weighted by molar-refractivity contribution is 0.441. The van der Waals surface area contributed by atoms with Crippen molar-refractivity contribution in [3.63, 3.8) is 0 Å². The molecule has 3 rings (SSSR count). The molecule has 20 heavy (non-hydrogen) atoms. The van der Waals surface area contributed by atoms with Gasteiger partial charge in [-0.2, -0.15) is 5.10 Å². The van der Waals surface area contributed by atoms with E-state index >= 15 is 0 Å². The van der Waals surface area contributed by atoms with Crippen molar-refractivity contribution in [1.29, 1.82) is 0 Å². The molecule has 1 aliphatic heterocycles. The lowest BCUT2D eigenvalue weighted by atomic mass is 10.1. The SMILES string of the molecule is Fc1ccc(Cc2nc(C3CCCN3)n[nH]2)c(F)c1F. The van der Waals surface area contributed by atoms with Crippen molar-refractivity contribution in [2.45, 2.75) is 25.3 Å². The van der Waals surface area contributed by atoms with Crippen LogP contribution < -0.4 is 5.32 Å². The third-order valence-corrected chi connectivity index (χ3v) is 3.39. The zero-order chi connectivity index (χ0) is 14.1. The average molecular weight is 282 g/mol. The van der Waals surface area contributed by atoms with Gasteiger partial charge in [0.15, 0.2) is 23.3 Å². The second-order valence-corrected chi connectivity index (χ2v) is 4.80. The Morgan fingerprint density at radius 2 is 2.05 bits per heavy atom. The van der Waals surface area contributed by atoms with Crippen LogP contribution in [0.2, 0.25) is 0 Å². The number of aromatic nitrogens is 3. The van der Waals surface area contributed by atoms with Gasteiger partial charge in [0.05, 0.1) is 6.04 Å². The molecule has 1 aromatic carbocycles. The first-order valence-corrected chi connectivity index (χ1v) is 6.42. The maximum absolute atomic E-state index is 13.6. The summed E-state index contributed by atoms with van der Waals surface area (Å²) in [4.78, 5) is 4.27. The Morgan fingerprint density at radius 1 is 1.20 bits per heavy atom. The first-order valence-electron chi connectivity index (χ1n) is 6.42. The van der Waals surface area contributed by atoms with Crippen molar-refractivity contribution in [1.82, 2.24) is 20.5 Å². The Labute approximate surface area is 113 Å². The number of H-pyrrole nitrogens is 1. The predicted molar refractivity (Wildman–Crippen MR) is 65.5 cm³/mol. The standard InChI is InChI=1S/C13H13F3N4/c14-8-4-3-7(11(15)12(8)16)6-10-18-13(20-19-10)9-2-1-5-17-9/h3-4,9,17H,1-2,5-6H2,(H,18,19,20). The first kappa shape index (κ1) is 13.1. The van der Waals surface area contributed by atoms with Gasteiger partial charge in [-0.05, 0) is 31.0 Å². The zero-order valence-corrected chi connectivity index (χ0v) is 10.6. The number of nitrogens with zero attached hydrogens (tertiary/aromatic N) is 2. The van der Waals surface area contributed by atoms with E-state index in [-0.39, 0.29) is 18.0 Å². The van der Waals surface area contributed by atoms with Crippen LogP contribution in [0.15, 0.2) is 12.1 Å². The van der Waals surface area contributed by atoms with Gasteiger partial charge in [-0.15, -0.1) is 0 Å². The minimum absolute atomic E-state index is 0.0444. The van der Waals surface area contributed by atoms with Gasteiger partial charge in [0.2, 0.25) is 0 Å². The second kappa shape index (κ2) is 5.24. The fourth-order valence-electron chi connectivity index (χ4n) is 2.33. The summed E-state index contributed by atoms with van der Waals surface area (Å²) in [6.07, 6.45) is 2.06. The third kappa shape index (κ3) is 2.40. The molecule has 0 saturated carbocycles. The fourth-order valence-corrected chi connectivity index (χ4v) is 2.33. The smallest absolute Gasteiger partial charge is 0.194 e. The molecule has 0 spiro atoms. The minimum Gasteiger partial charge on any atom is -0.307 e. The predicted octanol–water partition coefficient (Wildman–Crippen LogP) is 2.24. The molecule has 1 saturated heterocycles. The maximum atomic E-state index is 13.6. The van der Waals surface area contributed by atoms with Gasteiger partial charge >= 0.3 is 0 Å². The number of halogens is 3. The van der Waals surface area contributed by atoms with Gasteiger partial charge in [-0.3, -0.25) is 5.10 Å². The highest BCUT2D eigenvalue weighted by atomic mass is 19.2. The van der Waals surface area contributed by atoms with Crippen LogP contribution in [0.5, 0.6) is 0 Å². The number of hydrogen-bond donors (Lipinski definition) is 2. The molecule has 1 aliphatic rings. The molecule has 1 fully saturated rings. The van der Waals surface area contributed by atoms with E-state index < -0.39 is 17.5 Å². The highest BCUT2D eigenvalue weighted by Gasteiger charge is 2.21. The second-order valence-electron chi connectivity index (χ2n) is 4.80. The van der Waals surface area contributed by atoms with Gasteiger partial charge in [0.1, 0.15) is 5.82 Å². The topological polar surface area (TPSA) is 53.6 Å². The van der Waals surface area contributed by atoms with Crippen LogP contribution in [0.25, 0.3) is 0 Å². The zero-order valence-electron chi connectivity index (χ0n) is 10.6. The lowest BCUT2D eigenvalue weighted by Gasteiger charge is -2.03. The van der Waals surface area contributed by atoms with Crippen molar-refractivity contribution in [3.05, 3.63) is 46.8 Å². The third-order valence-electron chi connectivity index (χ3n) is 3.39. The summed E-state index contributed by atoms with van der Waals surface area (Å²) in [6, 6.07) is 2.22. The molecule has 7 heteroatoms. The van der Waals surface area contributed by atoms with Crippen molar-refractivity contribution in [2.75, 3.05) is 6.54 Å². The van der Waals surface area contributed by atoms with E-state index in [1.165, 1.54) is 6.07 Å². The van der Waals surface area contributed by atoms with Gasteiger partial charge < -0.3 is 5.32 Å². The monoisotopic (exact) mass is 282 g/mol. The quantitative estimate of drug-likeness (QED) is 0.849. The highest BCUT2D eigenvalue weighted by molar-refractivity contribution is 5.23. The Hall–Kier alpha value is -1.89. The van der Waals surface area contributed by atoms with E-state index in [9.17, 15) is 13.2 Å². The molecule has 0 radical (unpaired) electrons. The number of hydrogen-bond acceptors (Lipinski definition) is 3. The molecule has 2 N–H and O–H groups in total. The molecule has 4 nitrogen and oxygen atoms in total. The molecule has 0 amide bonds. The number of benzene rings is 1. The largest absolute Gasteiger partial charge is 0.307 e. The summed E-state index contributed by atoms with van der Waals surface area (Å²) in [6.45, 7) is 0.923. The molecular formula is C13H13F3N4. The number of aromatic amines is 1. The van der Waals surface area contributed by atoms with Gasteiger partial charge in [-0.1, -0.05) is 6.07 Å². The molecule has 2 heterocycles. The van der Waals surface area contributed by atoms with E-state index in [0.29, 0.717) is 11.6 Å². The van der Waals surface area contributed by atoms with Crippen LogP contribution in [0.4, 0.5) is 13.2 Å². The molecule has 1 aromatic heterocycles. The Balaban J connectivity index is 1.79. The first-order chi connectivity index (χ1) is 9.65. The van der Waals surface area contributed by atoms with Crippen LogP contribution in [0.1, 0.15) is 36.1 Å². The Kier molecular flexibility index (Phi) is 3.43. The van der Waals surface area contributed by atoms with Crippen LogP contribution in [-0.4, -0.2) is 21.7 Å². The molecular weight excluding hydrogens is 269 g/mol. The summed E-state index contributed by atoms with van der Waals surface area (Å²) in [5, 5.41) is 10.0. The van der Waals surface area contributed by atoms with Crippen molar-refractivity contribution in [3.8, 4) is 0 Å². The van der Waals surface area contributed by atoms with Gasteiger partial charge in [0, 0.05) is 6.42 Å². The van der Waals surface area contributed by atoms with Crippen molar-refractivity contribution >= 4 is 0 Å². The minimum atomic E-state index is -1.46. The van der Waals surface area contributed by atoms with E-state index in [1.54, 1.807) is 0 Å². The van der Waals surface area contributed by atoms with E-state index in [4.69, 9.17) is 0 Å². The lowest BCUT2D eigenvalue weighted by Crippen LogP contribution is -2.14. The Morgan fingerprint density at radius 3 is 2.80 bits per heavy atom. The van der Waals surface area contributed by atoms with E-state index in [2.05, 4.69) is 20.5 Å². The molecule has 0 bridgehead atoms. The van der Waals surface area contributed by atoms with E-state index in [0.717, 1.165) is 25.5 Å². The van der Waals surface area contributed by atoms with Gasteiger partial charge in [0.25, 0.3) is 0 Å². The van der Waals surface area contributed by atoms with Crippen LogP contribution in [-0.2, 0) is 6.42 Å². The molecule has 1 atom stereocenters. The van der Waals surface area contributed by atoms with Crippen molar-refractivity contribution < 1.29 is 13.2 Å². The normalized spacial score (nSPS) is 18.6. The highest BCUT2D eigenvalue weighted by Crippen LogP contribution is 2.21. The summed E-state index contributed by atoms with van der Waals surface area (Å²) in [5.41, 5.74) is 0.0472. The summed E-state index contributed by atoms with van der Waals surface area (Å²) in [5.74, 6) is -2.78.